The molecule has 0 saturated carbocycles. The predicted molar refractivity (Wildman–Crippen MR) is 103 cm³/mol. The van der Waals surface area contributed by atoms with Crippen LogP contribution in [0.1, 0.15) is 34.8 Å². The highest BCUT2D eigenvalue weighted by molar-refractivity contribution is 6.03. The molecule has 0 N–H and O–H groups in total. The average Bonchev–Trinajstić information content (AvgIpc) is 3.08. The second-order valence-electron chi connectivity index (χ2n) is 6.49. The van der Waals surface area contributed by atoms with Crippen molar-refractivity contribution in [3.63, 3.8) is 0 Å². The zero-order chi connectivity index (χ0) is 17.2. The normalized spacial score (nSPS) is 16.8. The van der Waals surface area contributed by atoms with Gasteiger partial charge in [0.15, 0.2) is 0 Å². The number of pyridine rings is 1. The van der Waals surface area contributed by atoms with Gasteiger partial charge in [0.2, 0.25) is 0 Å². The van der Waals surface area contributed by atoms with E-state index in [2.05, 4.69) is 71.5 Å². The van der Waals surface area contributed by atoms with Gasteiger partial charge in [-0.2, -0.15) is 5.10 Å². The summed E-state index contributed by atoms with van der Waals surface area (Å²) in [4.78, 5) is 4.44. The van der Waals surface area contributed by atoms with Crippen LogP contribution in [-0.4, -0.2) is 10.7 Å². The molecule has 3 nitrogen and oxygen atoms in total. The highest BCUT2D eigenvalue weighted by Crippen LogP contribution is 2.37. The van der Waals surface area contributed by atoms with Crippen LogP contribution in [0.3, 0.4) is 0 Å². The number of hydrogen-bond donors (Lipinski definition) is 0. The Bertz CT molecular complexity index is 898. The summed E-state index contributed by atoms with van der Waals surface area (Å²) in [5, 5.41) is 7.12. The molecule has 2 heterocycles. The van der Waals surface area contributed by atoms with Crippen molar-refractivity contribution in [3.8, 4) is 0 Å². The number of aromatic nitrogens is 1. The van der Waals surface area contributed by atoms with E-state index in [9.17, 15) is 0 Å². The van der Waals surface area contributed by atoms with Gasteiger partial charge in [-0.05, 0) is 49.2 Å². The lowest BCUT2D eigenvalue weighted by Gasteiger charge is -2.25. The number of hydrazone groups is 1. The van der Waals surface area contributed by atoms with Crippen molar-refractivity contribution in [3.05, 3.63) is 95.3 Å². The van der Waals surface area contributed by atoms with Gasteiger partial charge in [0.25, 0.3) is 0 Å². The number of benzene rings is 2. The first-order valence-electron chi connectivity index (χ1n) is 8.63. The highest BCUT2D eigenvalue weighted by Gasteiger charge is 2.30. The summed E-state index contributed by atoms with van der Waals surface area (Å²) >= 11 is 0. The molecule has 0 bridgehead atoms. The van der Waals surface area contributed by atoms with Crippen molar-refractivity contribution in [2.75, 3.05) is 5.01 Å². The number of rotatable bonds is 3. The van der Waals surface area contributed by atoms with Crippen LogP contribution < -0.4 is 5.01 Å². The highest BCUT2D eigenvalue weighted by atomic mass is 15.5. The molecule has 1 aromatic heterocycles. The maximum atomic E-state index is 4.97. The third-order valence-electron chi connectivity index (χ3n) is 4.72. The maximum absolute atomic E-state index is 4.97. The van der Waals surface area contributed by atoms with E-state index in [-0.39, 0.29) is 6.04 Å². The molecule has 1 aliphatic rings. The minimum atomic E-state index is 0.208. The Morgan fingerprint density at radius 1 is 0.880 bits per heavy atom. The molecule has 3 heteroatoms. The van der Waals surface area contributed by atoms with Gasteiger partial charge in [0.05, 0.1) is 17.4 Å². The van der Waals surface area contributed by atoms with Gasteiger partial charge in [-0.1, -0.05) is 42.5 Å². The Morgan fingerprint density at radius 2 is 1.64 bits per heavy atom. The number of anilines is 1. The number of aryl methyl sites for hydroxylation is 2. The van der Waals surface area contributed by atoms with E-state index in [1.807, 2.05) is 25.3 Å². The Labute approximate surface area is 148 Å². The monoisotopic (exact) mass is 327 g/mol. The van der Waals surface area contributed by atoms with E-state index in [1.54, 1.807) is 0 Å². The fraction of sp³-hybridized carbons (Fsp3) is 0.182. The summed E-state index contributed by atoms with van der Waals surface area (Å²) in [7, 11) is 0. The van der Waals surface area contributed by atoms with E-state index in [0.29, 0.717) is 0 Å². The Hall–Kier alpha value is -2.94. The summed E-state index contributed by atoms with van der Waals surface area (Å²) in [6.45, 7) is 4.18. The number of hydrogen-bond acceptors (Lipinski definition) is 3. The Morgan fingerprint density at radius 3 is 2.36 bits per heavy atom. The second kappa shape index (κ2) is 6.52. The summed E-state index contributed by atoms with van der Waals surface area (Å²) < 4.78 is 0. The zero-order valence-electron chi connectivity index (χ0n) is 14.6. The fourth-order valence-electron chi connectivity index (χ4n) is 3.35. The van der Waals surface area contributed by atoms with Crippen molar-refractivity contribution in [1.29, 1.82) is 0 Å². The minimum Gasteiger partial charge on any atom is -0.261 e. The second-order valence-corrected chi connectivity index (χ2v) is 6.49. The van der Waals surface area contributed by atoms with Crippen LogP contribution in [0.5, 0.6) is 0 Å². The van der Waals surface area contributed by atoms with Crippen LogP contribution in [0.2, 0.25) is 0 Å². The summed E-state index contributed by atoms with van der Waals surface area (Å²) in [5.74, 6) is 0. The first-order chi connectivity index (χ1) is 12.2. The van der Waals surface area contributed by atoms with Crippen LogP contribution in [0.25, 0.3) is 0 Å². The van der Waals surface area contributed by atoms with Gasteiger partial charge in [0, 0.05) is 23.9 Å². The molecule has 0 spiro atoms. The van der Waals surface area contributed by atoms with Gasteiger partial charge in [-0.3, -0.25) is 9.99 Å². The first-order valence-corrected chi connectivity index (χ1v) is 8.63. The number of nitrogens with zero attached hydrogens (tertiary/aromatic N) is 3. The van der Waals surface area contributed by atoms with E-state index in [4.69, 9.17) is 5.10 Å². The van der Waals surface area contributed by atoms with Gasteiger partial charge < -0.3 is 0 Å². The molecule has 0 radical (unpaired) electrons. The molecule has 2 aromatic carbocycles. The molecule has 0 aliphatic carbocycles. The molecule has 0 amide bonds. The van der Waals surface area contributed by atoms with Crippen molar-refractivity contribution in [2.45, 2.75) is 26.3 Å². The number of para-hydroxylation sites is 1. The fourth-order valence-corrected chi connectivity index (χ4v) is 3.35. The van der Waals surface area contributed by atoms with Gasteiger partial charge >= 0.3 is 0 Å². The van der Waals surface area contributed by atoms with Crippen molar-refractivity contribution < 1.29 is 0 Å². The van der Waals surface area contributed by atoms with Crippen molar-refractivity contribution in [1.82, 2.24) is 4.98 Å². The van der Waals surface area contributed by atoms with Crippen LogP contribution in [0.4, 0.5) is 5.69 Å². The largest absolute Gasteiger partial charge is 0.261 e. The SMILES string of the molecule is Cc1ccc(C2=NN(c3ccccc3)C(c3ccccc3C)C2)cn1. The molecular formula is C22H21N3. The molecule has 4 rings (SSSR count). The van der Waals surface area contributed by atoms with Gasteiger partial charge in [-0.15, -0.1) is 0 Å². The standard InChI is InChI=1S/C22H21N3/c1-16-8-6-7-11-20(16)22-14-21(18-13-12-17(2)23-15-18)24-25(22)19-9-4-3-5-10-19/h3-13,15,22H,14H2,1-2H3. The van der Waals surface area contributed by atoms with E-state index in [0.717, 1.165) is 29.1 Å². The van der Waals surface area contributed by atoms with Crippen molar-refractivity contribution in [2.24, 2.45) is 5.10 Å². The van der Waals surface area contributed by atoms with Crippen LogP contribution in [0.15, 0.2) is 78.0 Å². The molecule has 0 saturated heterocycles. The summed E-state index contributed by atoms with van der Waals surface area (Å²) in [5.41, 5.74) is 6.95. The summed E-state index contributed by atoms with van der Waals surface area (Å²) in [6.07, 6.45) is 2.81. The van der Waals surface area contributed by atoms with Crippen LogP contribution in [-0.2, 0) is 0 Å². The topological polar surface area (TPSA) is 28.5 Å². The lowest BCUT2D eigenvalue weighted by Crippen LogP contribution is -2.19. The van der Waals surface area contributed by atoms with Gasteiger partial charge in [-0.25, -0.2) is 0 Å². The molecule has 3 aromatic rings. The Kier molecular flexibility index (Phi) is 4.06. The average molecular weight is 327 g/mol. The quantitative estimate of drug-likeness (QED) is 0.673. The minimum absolute atomic E-state index is 0.208. The maximum Gasteiger partial charge on any atom is 0.0834 e. The molecule has 124 valence electrons. The molecule has 0 fully saturated rings. The lowest BCUT2D eigenvalue weighted by atomic mass is 9.95. The smallest absolute Gasteiger partial charge is 0.0834 e. The van der Waals surface area contributed by atoms with E-state index >= 15 is 0 Å². The molecule has 1 aliphatic heterocycles. The zero-order valence-corrected chi connectivity index (χ0v) is 14.6. The van der Waals surface area contributed by atoms with Crippen LogP contribution >= 0.6 is 0 Å². The molecule has 1 atom stereocenters. The molecule has 25 heavy (non-hydrogen) atoms. The third kappa shape index (κ3) is 3.05. The summed E-state index contributed by atoms with van der Waals surface area (Å²) in [6, 6.07) is 23.3. The van der Waals surface area contributed by atoms with E-state index < -0.39 is 0 Å². The Balaban J connectivity index is 1.77. The molecular weight excluding hydrogens is 306 g/mol. The van der Waals surface area contributed by atoms with Crippen molar-refractivity contribution >= 4 is 11.4 Å². The molecule has 1 unspecified atom stereocenters. The van der Waals surface area contributed by atoms with E-state index in [1.165, 1.54) is 11.1 Å². The predicted octanol–water partition coefficient (Wildman–Crippen LogP) is 5.05. The lowest BCUT2D eigenvalue weighted by molar-refractivity contribution is 0.704. The van der Waals surface area contributed by atoms with Gasteiger partial charge in [0.1, 0.15) is 0 Å². The van der Waals surface area contributed by atoms with Crippen LogP contribution in [0, 0.1) is 13.8 Å². The first kappa shape index (κ1) is 15.6. The third-order valence-corrected chi connectivity index (χ3v) is 4.72.